The lowest BCUT2D eigenvalue weighted by molar-refractivity contribution is -0.115. The van der Waals surface area contributed by atoms with Crippen molar-refractivity contribution in [3.05, 3.63) is 90.2 Å². The number of rotatable bonds is 5. The van der Waals surface area contributed by atoms with Crippen molar-refractivity contribution in [2.45, 2.75) is 6.42 Å². The van der Waals surface area contributed by atoms with Gasteiger partial charge >= 0.3 is 0 Å². The predicted molar refractivity (Wildman–Crippen MR) is 91.7 cm³/mol. The molecule has 0 radical (unpaired) electrons. The van der Waals surface area contributed by atoms with Crippen molar-refractivity contribution in [2.75, 3.05) is 5.32 Å². The minimum Gasteiger partial charge on any atom is -0.457 e. The number of benzene rings is 3. The van der Waals surface area contributed by atoms with E-state index in [0.29, 0.717) is 11.4 Å². The van der Waals surface area contributed by atoms with E-state index >= 15 is 0 Å². The van der Waals surface area contributed by atoms with Crippen LogP contribution in [0.3, 0.4) is 0 Å². The number of ether oxygens (including phenoxy) is 1. The molecule has 1 N–H and O–H groups in total. The van der Waals surface area contributed by atoms with E-state index in [2.05, 4.69) is 5.32 Å². The van der Waals surface area contributed by atoms with Gasteiger partial charge in [0.1, 0.15) is 17.3 Å². The van der Waals surface area contributed by atoms with Crippen molar-refractivity contribution in [2.24, 2.45) is 0 Å². The zero-order valence-electron chi connectivity index (χ0n) is 12.9. The van der Waals surface area contributed by atoms with Gasteiger partial charge in [-0.3, -0.25) is 4.79 Å². The Balaban J connectivity index is 1.63. The standard InChI is InChI=1S/C20H16FNO2/c21-16-11-9-15(10-12-16)13-20(23)22-17-5-4-8-19(14-17)24-18-6-2-1-3-7-18/h1-12,14H,13H2,(H,22,23). The van der Waals surface area contributed by atoms with E-state index in [-0.39, 0.29) is 18.1 Å². The molecule has 3 nitrogen and oxygen atoms in total. The minimum absolute atomic E-state index is 0.168. The molecule has 120 valence electrons. The first kappa shape index (κ1) is 15.7. The lowest BCUT2D eigenvalue weighted by atomic mass is 10.1. The lowest BCUT2D eigenvalue weighted by Gasteiger charge is -2.09. The largest absolute Gasteiger partial charge is 0.457 e. The van der Waals surface area contributed by atoms with Crippen molar-refractivity contribution in [1.82, 2.24) is 0 Å². The number of halogens is 1. The van der Waals surface area contributed by atoms with Crippen molar-refractivity contribution in [3.63, 3.8) is 0 Å². The number of anilines is 1. The lowest BCUT2D eigenvalue weighted by Crippen LogP contribution is -2.14. The second-order valence-electron chi connectivity index (χ2n) is 5.29. The summed E-state index contributed by atoms with van der Waals surface area (Å²) in [6.07, 6.45) is 0.185. The van der Waals surface area contributed by atoms with Crippen LogP contribution in [0.2, 0.25) is 0 Å². The average Bonchev–Trinajstić information content (AvgIpc) is 2.58. The van der Waals surface area contributed by atoms with Gasteiger partial charge in [0, 0.05) is 11.8 Å². The highest BCUT2D eigenvalue weighted by molar-refractivity contribution is 5.92. The highest BCUT2D eigenvalue weighted by atomic mass is 19.1. The van der Waals surface area contributed by atoms with Crippen LogP contribution in [-0.2, 0) is 11.2 Å². The maximum Gasteiger partial charge on any atom is 0.228 e. The fraction of sp³-hybridized carbons (Fsp3) is 0.0500. The molecule has 3 aromatic carbocycles. The Morgan fingerprint density at radius 1 is 0.875 bits per heavy atom. The molecule has 0 unspecified atom stereocenters. The summed E-state index contributed by atoms with van der Waals surface area (Å²) in [5, 5.41) is 2.82. The van der Waals surface area contributed by atoms with E-state index in [1.165, 1.54) is 12.1 Å². The molecule has 0 fully saturated rings. The molecule has 0 aliphatic rings. The number of para-hydroxylation sites is 1. The van der Waals surface area contributed by atoms with Crippen molar-refractivity contribution in [3.8, 4) is 11.5 Å². The molecule has 0 aliphatic heterocycles. The molecule has 24 heavy (non-hydrogen) atoms. The third-order valence-corrected chi connectivity index (χ3v) is 3.37. The van der Waals surface area contributed by atoms with E-state index in [1.54, 1.807) is 24.3 Å². The van der Waals surface area contributed by atoms with Gasteiger partial charge in [0.15, 0.2) is 0 Å². The zero-order valence-corrected chi connectivity index (χ0v) is 12.9. The molecule has 0 bridgehead atoms. The predicted octanol–water partition coefficient (Wildman–Crippen LogP) is 4.80. The summed E-state index contributed by atoms with van der Waals surface area (Å²) < 4.78 is 18.6. The van der Waals surface area contributed by atoms with Crippen LogP contribution in [0.5, 0.6) is 11.5 Å². The van der Waals surface area contributed by atoms with Gasteiger partial charge in [-0.05, 0) is 42.0 Å². The van der Waals surface area contributed by atoms with E-state index in [1.807, 2.05) is 42.5 Å². The molecule has 0 saturated heterocycles. The minimum atomic E-state index is -0.315. The second-order valence-corrected chi connectivity index (χ2v) is 5.29. The van der Waals surface area contributed by atoms with Gasteiger partial charge in [0.05, 0.1) is 6.42 Å². The smallest absolute Gasteiger partial charge is 0.228 e. The molecule has 0 atom stereocenters. The Kier molecular flexibility index (Phi) is 4.87. The van der Waals surface area contributed by atoms with E-state index in [9.17, 15) is 9.18 Å². The Morgan fingerprint density at radius 2 is 1.58 bits per heavy atom. The van der Waals surface area contributed by atoms with Crippen molar-refractivity contribution in [1.29, 1.82) is 0 Å². The topological polar surface area (TPSA) is 38.3 Å². The van der Waals surface area contributed by atoms with Gasteiger partial charge in [-0.25, -0.2) is 4.39 Å². The number of hydrogen-bond acceptors (Lipinski definition) is 2. The van der Waals surface area contributed by atoms with Crippen LogP contribution >= 0.6 is 0 Å². The van der Waals surface area contributed by atoms with Gasteiger partial charge < -0.3 is 10.1 Å². The van der Waals surface area contributed by atoms with Crippen LogP contribution in [0, 0.1) is 5.82 Å². The summed E-state index contributed by atoms with van der Waals surface area (Å²) in [5.74, 6) is 0.886. The van der Waals surface area contributed by atoms with E-state index in [4.69, 9.17) is 4.74 Å². The molecular formula is C20H16FNO2. The molecule has 0 aromatic heterocycles. The van der Waals surface area contributed by atoms with Gasteiger partial charge in [-0.1, -0.05) is 36.4 Å². The first-order chi connectivity index (χ1) is 11.7. The number of hydrogen-bond donors (Lipinski definition) is 1. The maximum atomic E-state index is 12.9. The molecule has 0 spiro atoms. The summed E-state index contributed by atoms with van der Waals surface area (Å²) in [5.41, 5.74) is 1.40. The zero-order chi connectivity index (χ0) is 16.8. The fourth-order valence-corrected chi connectivity index (χ4v) is 2.25. The van der Waals surface area contributed by atoms with E-state index in [0.717, 1.165) is 11.3 Å². The maximum absolute atomic E-state index is 12.9. The number of nitrogens with one attached hydrogen (secondary N) is 1. The van der Waals surface area contributed by atoms with Crippen LogP contribution in [0.15, 0.2) is 78.9 Å². The van der Waals surface area contributed by atoms with Crippen LogP contribution in [-0.4, -0.2) is 5.91 Å². The van der Waals surface area contributed by atoms with Crippen molar-refractivity contribution >= 4 is 11.6 Å². The molecular weight excluding hydrogens is 305 g/mol. The van der Waals surface area contributed by atoms with Crippen LogP contribution in [0.4, 0.5) is 10.1 Å². The third-order valence-electron chi connectivity index (χ3n) is 3.37. The summed E-state index contributed by atoms with van der Waals surface area (Å²) in [6.45, 7) is 0. The summed E-state index contributed by atoms with van der Waals surface area (Å²) in [4.78, 5) is 12.1. The second kappa shape index (κ2) is 7.42. The van der Waals surface area contributed by atoms with E-state index < -0.39 is 0 Å². The molecule has 3 aromatic rings. The molecule has 0 saturated carbocycles. The summed E-state index contributed by atoms with van der Waals surface area (Å²) >= 11 is 0. The van der Waals surface area contributed by atoms with Crippen LogP contribution in [0.25, 0.3) is 0 Å². The molecule has 1 amide bonds. The SMILES string of the molecule is O=C(Cc1ccc(F)cc1)Nc1cccc(Oc2ccccc2)c1. The molecule has 4 heteroatoms. The number of carbonyl (C=O) groups excluding carboxylic acids is 1. The fourth-order valence-electron chi connectivity index (χ4n) is 2.25. The number of amides is 1. The Bertz CT molecular complexity index is 817. The van der Waals surface area contributed by atoms with Gasteiger partial charge in [-0.15, -0.1) is 0 Å². The molecule has 0 heterocycles. The monoisotopic (exact) mass is 321 g/mol. The Morgan fingerprint density at radius 3 is 2.33 bits per heavy atom. The Labute approximate surface area is 139 Å². The van der Waals surface area contributed by atoms with Gasteiger partial charge in [0.2, 0.25) is 5.91 Å². The van der Waals surface area contributed by atoms with Crippen molar-refractivity contribution < 1.29 is 13.9 Å². The number of carbonyl (C=O) groups is 1. The van der Waals surface area contributed by atoms with Crippen LogP contribution < -0.4 is 10.1 Å². The third kappa shape index (κ3) is 4.43. The first-order valence-corrected chi connectivity index (χ1v) is 7.56. The highest BCUT2D eigenvalue weighted by Crippen LogP contribution is 2.23. The molecule has 3 rings (SSSR count). The highest BCUT2D eigenvalue weighted by Gasteiger charge is 2.06. The summed E-state index contributed by atoms with van der Waals surface area (Å²) in [6, 6.07) is 22.5. The average molecular weight is 321 g/mol. The van der Waals surface area contributed by atoms with Crippen LogP contribution in [0.1, 0.15) is 5.56 Å². The quantitative estimate of drug-likeness (QED) is 0.733. The first-order valence-electron chi connectivity index (χ1n) is 7.56. The Hall–Kier alpha value is -3.14. The molecule has 0 aliphatic carbocycles. The van der Waals surface area contributed by atoms with Gasteiger partial charge in [0.25, 0.3) is 0 Å². The normalized spacial score (nSPS) is 10.2. The van der Waals surface area contributed by atoms with Gasteiger partial charge in [-0.2, -0.15) is 0 Å². The summed E-state index contributed by atoms with van der Waals surface area (Å²) in [7, 11) is 0.